The zero-order chi connectivity index (χ0) is 16.8. The molecule has 2 aromatic carbocycles. The maximum atomic E-state index is 11.8. The van der Waals surface area contributed by atoms with Gasteiger partial charge < -0.3 is 10.5 Å². The van der Waals surface area contributed by atoms with Gasteiger partial charge in [0.15, 0.2) is 0 Å². The van der Waals surface area contributed by atoms with Crippen molar-refractivity contribution < 1.29 is 9.53 Å². The Labute approximate surface area is 144 Å². The summed E-state index contributed by atoms with van der Waals surface area (Å²) < 4.78 is 5.61. The molecule has 0 saturated carbocycles. The third-order valence-electron chi connectivity index (χ3n) is 3.51. The minimum atomic E-state index is -0.318. The topological polar surface area (TPSA) is 52.3 Å². The van der Waals surface area contributed by atoms with Gasteiger partial charge >= 0.3 is 5.97 Å². The summed E-state index contributed by atoms with van der Waals surface area (Å²) in [6, 6.07) is 15.5. The Balaban J connectivity index is 2.72. The van der Waals surface area contributed by atoms with Crippen molar-refractivity contribution >= 4 is 33.2 Å². The first-order valence-electron chi connectivity index (χ1n) is 7.10. The number of allylic oxidation sites excluding steroid dienone is 1. The Morgan fingerprint density at radius 2 is 1.91 bits per heavy atom. The van der Waals surface area contributed by atoms with Gasteiger partial charge in [-0.2, -0.15) is 0 Å². The van der Waals surface area contributed by atoms with Crippen molar-refractivity contribution in [2.45, 2.75) is 6.42 Å². The molecule has 118 valence electrons. The SMILES string of the molecule is C=C/C(CC(=O)OC)=C(/c1ccccc1)c1cccc(Br)c1N. The zero-order valence-corrected chi connectivity index (χ0v) is 14.5. The molecule has 2 aromatic rings. The van der Waals surface area contributed by atoms with E-state index in [4.69, 9.17) is 10.5 Å². The number of methoxy groups -OCH3 is 1. The lowest BCUT2D eigenvalue weighted by atomic mass is 9.90. The van der Waals surface area contributed by atoms with Gasteiger partial charge in [-0.3, -0.25) is 4.79 Å². The summed E-state index contributed by atoms with van der Waals surface area (Å²) in [5.74, 6) is -0.318. The van der Waals surface area contributed by atoms with Crippen LogP contribution in [-0.2, 0) is 9.53 Å². The molecule has 0 aromatic heterocycles. The monoisotopic (exact) mass is 371 g/mol. The minimum absolute atomic E-state index is 0.135. The number of carbonyl (C=O) groups excluding carboxylic acids is 1. The number of nitrogen functional groups attached to an aromatic ring is 1. The van der Waals surface area contributed by atoms with Crippen molar-refractivity contribution in [1.29, 1.82) is 0 Å². The fourth-order valence-corrected chi connectivity index (χ4v) is 2.73. The summed E-state index contributed by atoms with van der Waals surface area (Å²) >= 11 is 3.46. The van der Waals surface area contributed by atoms with Crippen LogP contribution in [0.15, 0.2) is 71.2 Å². The number of nitrogens with two attached hydrogens (primary N) is 1. The summed E-state index contributed by atoms with van der Waals surface area (Å²) in [5, 5.41) is 0. The Morgan fingerprint density at radius 3 is 2.52 bits per heavy atom. The van der Waals surface area contributed by atoms with Gasteiger partial charge in [-0.25, -0.2) is 0 Å². The molecule has 0 saturated heterocycles. The van der Waals surface area contributed by atoms with Crippen LogP contribution in [0.25, 0.3) is 5.57 Å². The Bertz CT molecular complexity index is 751. The van der Waals surface area contributed by atoms with Gasteiger partial charge in [-0.1, -0.05) is 55.1 Å². The third kappa shape index (κ3) is 3.90. The molecular formula is C19H18BrNO2. The average molecular weight is 372 g/mol. The van der Waals surface area contributed by atoms with E-state index in [1.165, 1.54) is 7.11 Å². The molecule has 0 atom stereocenters. The Kier molecular flexibility index (Phi) is 5.77. The summed E-state index contributed by atoms with van der Waals surface area (Å²) in [7, 11) is 1.37. The maximum Gasteiger partial charge on any atom is 0.309 e. The first kappa shape index (κ1) is 17.0. The van der Waals surface area contributed by atoms with E-state index in [2.05, 4.69) is 22.5 Å². The molecule has 0 fully saturated rings. The van der Waals surface area contributed by atoms with Gasteiger partial charge in [0.05, 0.1) is 19.2 Å². The van der Waals surface area contributed by atoms with Crippen molar-refractivity contribution in [2.24, 2.45) is 0 Å². The molecule has 0 unspecified atom stereocenters. The highest BCUT2D eigenvalue weighted by Crippen LogP contribution is 2.35. The van der Waals surface area contributed by atoms with Crippen LogP contribution in [0.2, 0.25) is 0 Å². The molecule has 0 amide bonds. The molecule has 0 aliphatic heterocycles. The van der Waals surface area contributed by atoms with Crippen LogP contribution in [0, 0.1) is 0 Å². The quantitative estimate of drug-likeness (QED) is 0.475. The van der Waals surface area contributed by atoms with E-state index in [0.29, 0.717) is 5.69 Å². The normalized spacial score (nSPS) is 11.6. The van der Waals surface area contributed by atoms with Crippen molar-refractivity contribution in [3.05, 3.63) is 82.4 Å². The van der Waals surface area contributed by atoms with Crippen molar-refractivity contribution in [1.82, 2.24) is 0 Å². The molecule has 0 spiro atoms. The van der Waals surface area contributed by atoms with Crippen LogP contribution in [-0.4, -0.2) is 13.1 Å². The Hall–Kier alpha value is -2.33. The smallest absolute Gasteiger partial charge is 0.309 e. The highest BCUT2D eigenvalue weighted by molar-refractivity contribution is 9.10. The van der Waals surface area contributed by atoms with Gasteiger partial charge in [0.1, 0.15) is 0 Å². The fraction of sp³-hybridized carbons (Fsp3) is 0.105. The number of hydrogen-bond acceptors (Lipinski definition) is 3. The van der Waals surface area contributed by atoms with E-state index in [-0.39, 0.29) is 12.4 Å². The number of rotatable bonds is 5. The predicted molar refractivity (Wildman–Crippen MR) is 97.8 cm³/mol. The van der Waals surface area contributed by atoms with Gasteiger partial charge in [-0.15, -0.1) is 0 Å². The largest absolute Gasteiger partial charge is 0.469 e. The number of benzene rings is 2. The lowest BCUT2D eigenvalue weighted by Gasteiger charge is -2.16. The molecule has 4 heteroatoms. The zero-order valence-electron chi connectivity index (χ0n) is 12.9. The maximum absolute atomic E-state index is 11.8. The van der Waals surface area contributed by atoms with Crippen molar-refractivity contribution in [2.75, 3.05) is 12.8 Å². The van der Waals surface area contributed by atoms with E-state index < -0.39 is 0 Å². The molecule has 0 aliphatic rings. The number of hydrogen-bond donors (Lipinski definition) is 1. The highest BCUT2D eigenvalue weighted by Gasteiger charge is 2.16. The van der Waals surface area contributed by atoms with Crippen LogP contribution in [0.5, 0.6) is 0 Å². The number of carbonyl (C=O) groups is 1. The van der Waals surface area contributed by atoms with E-state index >= 15 is 0 Å². The van der Waals surface area contributed by atoms with Crippen molar-refractivity contribution in [3.63, 3.8) is 0 Å². The lowest BCUT2D eigenvalue weighted by Crippen LogP contribution is -2.05. The van der Waals surface area contributed by atoms with E-state index in [9.17, 15) is 4.79 Å². The minimum Gasteiger partial charge on any atom is -0.469 e. The number of para-hydroxylation sites is 1. The summed E-state index contributed by atoms with van der Waals surface area (Å²) in [4.78, 5) is 11.8. The third-order valence-corrected chi connectivity index (χ3v) is 4.21. The predicted octanol–water partition coefficient (Wildman–Crippen LogP) is 4.58. The summed E-state index contributed by atoms with van der Waals surface area (Å²) in [6.45, 7) is 3.85. The second-order valence-electron chi connectivity index (χ2n) is 4.92. The molecule has 0 aliphatic carbocycles. The Morgan fingerprint density at radius 1 is 1.22 bits per heavy atom. The molecule has 0 radical (unpaired) electrons. The van der Waals surface area contributed by atoms with Crippen LogP contribution in [0.1, 0.15) is 17.5 Å². The van der Waals surface area contributed by atoms with Crippen LogP contribution in [0.3, 0.4) is 0 Å². The number of halogens is 1. The van der Waals surface area contributed by atoms with Crippen LogP contribution >= 0.6 is 15.9 Å². The summed E-state index contributed by atoms with van der Waals surface area (Å²) in [6.07, 6.45) is 1.82. The van der Waals surface area contributed by atoms with Gasteiger partial charge in [0.2, 0.25) is 0 Å². The second-order valence-corrected chi connectivity index (χ2v) is 5.78. The molecular weight excluding hydrogens is 354 g/mol. The highest BCUT2D eigenvalue weighted by atomic mass is 79.9. The van der Waals surface area contributed by atoms with Gasteiger partial charge in [0, 0.05) is 10.0 Å². The van der Waals surface area contributed by atoms with E-state index in [0.717, 1.165) is 26.7 Å². The van der Waals surface area contributed by atoms with Gasteiger partial charge in [-0.05, 0) is 38.7 Å². The summed E-state index contributed by atoms with van der Waals surface area (Å²) in [5.41, 5.74) is 10.3. The molecule has 0 bridgehead atoms. The number of anilines is 1. The second kappa shape index (κ2) is 7.79. The first-order valence-corrected chi connectivity index (χ1v) is 7.90. The molecule has 2 rings (SSSR count). The lowest BCUT2D eigenvalue weighted by molar-refractivity contribution is -0.139. The van der Waals surface area contributed by atoms with Crippen LogP contribution in [0.4, 0.5) is 5.69 Å². The average Bonchev–Trinajstić information content (AvgIpc) is 2.58. The van der Waals surface area contributed by atoms with Crippen molar-refractivity contribution in [3.8, 4) is 0 Å². The number of ether oxygens (including phenoxy) is 1. The molecule has 0 heterocycles. The van der Waals surface area contributed by atoms with E-state index in [1.54, 1.807) is 6.08 Å². The van der Waals surface area contributed by atoms with Crippen LogP contribution < -0.4 is 5.73 Å². The number of esters is 1. The standard InChI is InChI=1S/C19H18BrNO2/c1-3-13(12-17(22)23-2)18(14-8-5-4-6-9-14)15-10-7-11-16(20)19(15)21/h3-11H,1,12,21H2,2H3/b18-13+. The molecule has 23 heavy (non-hydrogen) atoms. The molecule has 2 N–H and O–H groups in total. The van der Waals surface area contributed by atoms with Gasteiger partial charge in [0.25, 0.3) is 0 Å². The molecule has 3 nitrogen and oxygen atoms in total. The first-order chi connectivity index (χ1) is 11.1. The van der Waals surface area contributed by atoms with E-state index in [1.807, 2.05) is 48.5 Å². The fourth-order valence-electron chi connectivity index (χ4n) is 2.36.